The zero-order valence-corrected chi connectivity index (χ0v) is 22.2. The molecular weight excluding hydrogens is 529 g/mol. The molecule has 7 nitrogen and oxygen atoms in total. The normalized spacial score (nSPS) is 11.8. The quantitative estimate of drug-likeness (QED) is 0.228. The molecule has 0 spiro atoms. The molecule has 0 aliphatic carbocycles. The molecule has 3 rings (SSSR count). The monoisotopic (exact) mass is 551 g/mol. The molecule has 0 aliphatic rings. The van der Waals surface area contributed by atoms with Gasteiger partial charge in [0.2, 0.25) is 5.91 Å². The number of hydrogen-bond acceptors (Lipinski definition) is 5. The van der Waals surface area contributed by atoms with Crippen LogP contribution in [0.1, 0.15) is 36.1 Å². The van der Waals surface area contributed by atoms with Crippen LogP contribution < -0.4 is 10.6 Å². The Labute approximate surface area is 223 Å². The van der Waals surface area contributed by atoms with Crippen LogP contribution in [-0.4, -0.2) is 32.3 Å². The standard InChI is InChI=1S/C24H24Cl3N5O2S/c1-4-11-32-22(21(14(2)3)29-23(34)16-7-5-6-8-17(16)26)30-31-24(32)35-13-20(33)28-19-10-9-15(25)12-18(19)27/h4-10,12,14,21H,1,11,13H2,2-3H3,(H,28,33)(H,29,34)/t21-/m0/s1. The molecule has 0 fully saturated rings. The first-order valence-corrected chi connectivity index (χ1v) is 12.8. The van der Waals surface area contributed by atoms with Gasteiger partial charge < -0.3 is 15.2 Å². The van der Waals surface area contributed by atoms with Gasteiger partial charge in [-0.25, -0.2) is 0 Å². The van der Waals surface area contributed by atoms with Crippen LogP contribution >= 0.6 is 46.6 Å². The van der Waals surface area contributed by atoms with E-state index in [9.17, 15) is 9.59 Å². The first-order chi connectivity index (χ1) is 16.7. The minimum Gasteiger partial charge on any atom is -0.342 e. The molecule has 0 aliphatic heterocycles. The summed E-state index contributed by atoms with van der Waals surface area (Å²) < 4.78 is 1.83. The van der Waals surface area contributed by atoms with Crippen LogP contribution in [0.4, 0.5) is 5.69 Å². The highest BCUT2D eigenvalue weighted by Gasteiger charge is 2.27. The molecule has 35 heavy (non-hydrogen) atoms. The van der Waals surface area contributed by atoms with E-state index in [1.807, 2.05) is 18.4 Å². The zero-order chi connectivity index (χ0) is 25.5. The Morgan fingerprint density at radius 2 is 1.86 bits per heavy atom. The van der Waals surface area contributed by atoms with Crippen molar-refractivity contribution in [3.63, 3.8) is 0 Å². The second kappa shape index (κ2) is 12.4. The average Bonchev–Trinajstić information content (AvgIpc) is 3.20. The smallest absolute Gasteiger partial charge is 0.253 e. The van der Waals surface area contributed by atoms with E-state index in [-0.39, 0.29) is 23.5 Å². The summed E-state index contributed by atoms with van der Waals surface area (Å²) in [6.45, 7) is 8.16. The number of benzene rings is 2. The molecule has 0 unspecified atom stereocenters. The van der Waals surface area contributed by atoms with Crippen molar-refractivity contribution in [3.8, 4) is 0 Å². The largest absolute Gasteiger partial charge is 0.342 e. The van der Waals surface area contributed by atoms with Gasteiger partial charge in [-0.05, 0) is 36.2 Å². The Morgan fingerprint density at radius 3 is 2.51 bits per heavy atom. The van der Waals surface area contributed by atoms with Gasteiger partial charge in [-0.3, -0.25) is 9.59 Å². The van der Waals surface area contributed by atoms with Crippen molar-refractivity contribution in [2.24, 2.45) is 5.92 Å². The molecule has 2 aromatic carbocycles. The number of amides is 2. The minimum atomic E-state index is -0.442. The van der Waals surface area contributed by atoms with Gasteiger partial charge >= 0.3 is 0 Å². The highest BCUT2D eigenvalue weighted by atomic mass is 35.5. The molecule has 0 saturated heterocycles. The number of aromatic nitrogens is 3. The summed E-state index contributed by atoms with van der Waals surface area (Å²) >= 11 is 19.5. The summed E-state index contributed by atoms with van der Waals surface area (Å²) in [7, 11) is 0. The maximum atomic E-state index is 12.9. The van der Waals surface area contributed by atoms with Gasteiger partial charge in [-0.2, -0.15) is 0 Å². The molecular formula is C24H24Cl3N5O2S. The lowest BCUT2D eigenvalue weighted by Crippen LogP contribution is -2.34. The third-order valence-electron chi connectivity index (χ3n) is 4.94. The first kappa shape index (κ1) is 27.1. The summed E-state index contributed by atoms with van der Waals surface area (Å²) in [6.07, 6.45) is 1.71. The summed E-state index contributed by atoms with van der Waals surface area (Å²) in [5, 5.41) is 16.1. The lowest BCUT2D eigenvalue weighted by atomic mass is 10.0. The van der Waals surface area contributed by atoms with E-state index in [0.717, 1.165) is 0 Å². The molecule has 0 radical (unpaired) electrons. The predicted molar refractivity (Wildman–Crippen MR) is 143 cm³/mol. The van der Waals surface area contributed by atoms with E-state index >= 15 is 0 Å². The number of nitrogens with zero attached hydrogens (tertiary/aromatic N) is 3. The number of thioether (sulfide) groups is 1. The van der Waals surface area contributed by atoms with Crippen LogP contribution in [0, 0.1) is 5.92 Å². The van der Waals surface area contributed by atoms with Gasteiger partial charge in [0.15, 0.2) is 11.0 Å². The maximum Gasteiger partial charge on any atom is 0.253 e. The Bertz CT molecular complexity index is 1230. The molecule has 0 bridgehead atoms. The van der Waals surface area contributed by atoms with Gasteiger partial charge in [0.25, 0.3) is 5.91 Å². The number of halogens is 3. The fourth-order valence-electron chi connectivity index (χ4n) is 3.24. The topological polar surface area (TPSA) is 88.9 Å². The summed E-state index contributed by atoms with van der Waals surface area (Å²) in [4.78, 5) is 25.4. The van der Waals surface area contributed by atoms with E-state index < -0.39 is 6.04 Å². The lowest BCUT2D eigenvalue weighted by Gasteiger charge is -2.23. The average molecular weight is 553 g/mol. The number of nitrogens with one attached hydrogen (secondary N) is 2. The third-order valence-corrected chi connectivity index (χ3v) is 6.79. The molecule has 184 valence electrons. The van der Waals surface area contributed by atoms with Crippen LogP contribution in [0.5, 0.6) is 0 Å². The third kappa shape index (κ3) is 7.01. The van der Waals surface area contributed by atoms with Crippen molar-refractivity contribution in [3.05, 3.63) is 81.6 Å². The van der Waals surface area contributed by atoms with Crippen molar-refractivity contribution < 1.29 is 9.59 Å². The Hall–Kier alpha value is -2.52. The number of carbonyl (C=O) groups excluding carboxylic acids is 2. The Morgan fingerprint density at radius 1 is 1.11 bits per heavy atom. The Balaban J connectivity index is 1.76. The van der Waals surface area contributed by atoms with E-state index in [1.54, 1.807) is 48.5 Å². The van der Waals surface area contributed by atoms with E-state index in [0.29, 0.717) is 43.8 Å². The zero-order valence-electron chi connectivity index (χ0n) is 19.1. The second-order valence-electron chi connectivity index (χ2n) is 7.88. The molecule has 2 amide bonds. The molecule has 1 atom stereocenters. The van der Waals surface area contributed by atoms with Gasteiger partial charge in [-0.1, -0.05) is 78.6 Å². The van der Waals surface area contributed by atoms with Crippen LogP contribution in [0.2, 0.25) is 15.1 Å². The Kier molecular flexibility index (Phi) is 9.63. The van der Waals surface area contributed by atoms with Crippen molar-refractivity contribution in [1.29, 1.82) is 0 Å². The van der Waals surface area contributed by atoms with Gasteiger partial charge in [0.05, 0.1) is 33.1 Å². The van der Waals surface area contributed by atoms with Crippen LogP contribution in [0.3, 0.4) is 0 Å². The molecule has 0 saturated carbocycles. The van der Waals surface area contributed by atoms with E-state index in [4.69, 9.17) is 34.8 Å². The lowest BCUT2D eigenvalue weighted by molar-refractivity contribution is -0.113. The molecule has 11 heteroatoms. The number of rotatable bonds is 10. The highest BCUT2D eigenvalue weighted by molar-refractivity contribution is 7.99. The maximum absolute atomic E-state index is 12.9. The second-order valence-corrected chi connectivity index (χ2v) is 10.1. The summed E-state index contributed by atoms with van der Waals surface area (Å²) in [5.41, 5.74) is 0.846. The number of allylic oxidation sites excluding steroid dienone is 1. The molecule has 1 aromatic heterocycles. The van der Waals surface area contributed by atoms with Crippen molar-refractivity contribution >= 4 is 64.1 Å². The van der Waals surface area contributed by atoms with Gasteiger partial charge in [0.1, 0.15) is 0 Å². The molecule has 2 N–H and O–H groups in total. The summed E-state index contributed by atoms with van der Waals surface area (Å²) in [5.74, 6) is 0.0654. The van der Waals surface area contributed by atoms with E-state index in [1.165, 1.54) is 11.8 Å². The molecule has 1 heterocycles. The number of hydrogen-bond donors (Lipinski definition) is 2. The van der Waals surface area contributed by atoms with Crippen molar-refractivity contribution in [1.82, 2.24) is 20.1 Å². The van der Waals surface area contributed by atoms with Gasteiger partial charge in [0, 0.05) is 11.6 Å². The SMILES string of the molecule is C=CCn1c(SCC(=O)Nc2ccc(Cl)cc2Cl)nnc1[C@@H](NC(=O)c1ccccc1Cl)C(C)C. The number of anilines is 1. The highest BCUT2D eigenvalue weighted by Crippen LogP contribution is 2.28. The van der Waals surface area contributed by atoms with Crippen molar-refractivity contribution in [2.45, 2.75) is 31.6 Å². The van der Waals surface area contributed by atoms with Crippen LogP contribution in [-0.2, 0) is 11.3 Å². The van der Waals surface area contributed by atoms with Crippen molar-refractivity contribution in [2.75, 3.05) is 11.1 Å². The summed E-state index contributed by atoms with van der Waals surface area (Å²) in [6, 6.07) is 11.2. The van der Waals surface area contributed by atoms with E-state index in [2.05, 4.69) is 27.4 Å². The van der Waals surface area contributed by atoms with Gasteiger partial charge in [-0.15, -0.1) is 16.8 Å². The first-order valence-electron chi connectivity index (χ1n) is 10.7. The predicted octanol–water partition coefficient (Wildman–Crippen LogP) is 6.28. The molecule has 3 aromatic rings. The van der Waals surface area contributed by atoms with Crippen LogP contribution in [0.15, 0.2) is 60.3 Å². The fourth-order valence-corrected chi connectivity index (χ4v) is 4.67. The fraction of sp³-hybridized carbons (Fsp3) is 0.250. The van der Waals surface area contributed by atoms with Crippen LogP contribution in [0.25, 0.3) is 0 Å². The minimum absolute atomic E-state index is 0.00222. The number of carbonyl (C=O) groups is 2.